The molecule has 0 saturated carbocycles. The molecule has 0 aliphatic carbocycles. The quantitative estimate of drug-likeness (QED) is 0.831. The van der Waals surface area contributed by atoms with Crippen LogP contribution < -0.4 is 5.32 Å². The Balaban J connectivity index is 1.98. The maximum atomic E-state index is 12.5. The SMILES string of the molecule is CC(C)c1ccc(S(=O)(=O)N(C)CC(=O)NCc2ccco2)cc1. The minimum Gasteiger partial charge on any atom is -0.467 e. The van der Waals surface area contributed by atoms with E-state index in [4.69, 9.17) is 4.42 Å². The molecule has 0 atom stereocenters. The Kier molecular flexibility index (Phi) is 5.80. The molecule has 6 nitrogen and oxygen atoms in total. The van der Waals surface area contributed by atoms with Crippen LogP contribution in [-0.4, -0.2) is 32.2 Å². The number of nitrogens with zero attached hydrogens (tertiary/aromatic N) is 1. The van der Waals surface area contributed by atoms with E-state index in [0.717, 1.165) is 9.87 Å². The van der Waals surface area contributed by atoms with Crippen LogP contribution in [0, 0.1) is 0 Å². The van der Waals surface area contributed by atoms with Crippen LogP contribution in [0.5, 0.6) is 0 Å². The summed E-state index contributed by atoms with van der Waals surface area (Å²) in [5.74, 6) is 0.543. The van der Waals surface area contributed by atoms with Crippen molar-refractivity contribution in [2.45, 2.75) is 31.2 Å². The number of furan rings is 1. The molecule has 24 heavy (non-hydrogen) atoms. The van der Waals surface area contributed by atoms with Crippen LogP contribution in [0.15, 0.2) is 52.0 Å². The van der Waals surface area contributed by atoms with Gasteiger partial charge in [-0.2, -0.15) is 4.31 Å². The minimum absolute atomic E-state index is 0.174. The van der Waals surface area contributed by atoms with Crippen molar-refractivity contribution < 1.29 is 17.6 Å². The highest BCUT2D eigenvalue weighted by atomic mass is 32.2. The van der Waals surface area contributed by atoms with E-state index in [-0.39, 0.29) is 18.0 Å². The molecule has 0 aliphatic heterocycles. The Labute approximate surface area is 142 Å². The monoisotopic (exact) mass is 350 g/mol. The second-order valence-corrected chi connectivity index (χ2v) is 7.89. The summed E-state index contributed by atoms with van der Waals surface area (Å²) >= 11 is 0. The third-order valence-corrected chi connectivity index (χ3v) is 5.48. The number of amides is 1. The van der Waals surface area contributed by atoms with Crippen molar-refractivity contribution in [1.82, 2.24) is 9.62 Å². The molecule has 0 saturated heterocycles. The summed E-state index contributed by atoms with van der Waals surface area (Å²) in [4.78, 5) is 12.1. The van der Waals surface area contributed by atoms with Crippen LogP contribution in [0.3, 0.4) is 0 Å². The molecule has 7 heteroatoms. The molecule has 2 rings (SSSR count). The molecular formula is C17H22N2O4S. The molecule has 0 fully saturated rings. The van der Waals surface area contributed by atoms with Gasteiger partial charge in [0.05, 0.1) is 24.2 Å². The van der Waals surface area contributed by atoms with Crippen molar-refractivity contribution in [3.05, 3.63) is 54.0 Å². The smallest absolute Gasteiger partial charge is 0.243 e. The van der Waals surface area contributed by atoms with Gasteiger partial charge in [0.15, 0.2) is 0 Å². The van der Waals surface area contributed by atoms with Crippen molar-refractivity contribution in [1.29, 1.82) is 0 Å². The highest BCUT2D eigenvalue weighted by Crippen LogP contribution is 2.19. The summed E-state index contributed by atoms with van der Waals surface area (Å²) in [6, 6.07) is 10.2. The molecule has 1 heterocycles. The van der Waals surface area contributed by atoms with Gasteiger partial charge in [-0.05, 0) is 35.7 Å². The fourth-order valence-corrected chi connectivity index (χ4v) is 3.27. The van der Waals surface area contributed by atoms with Crippen LogP contribution in [0.4, 0.5) is 0 Å². The van der Waals surface area contributed by atoms with Crippen molar-refractivity contribution >= 4 is 15.9 Å². The fourth-order valence-electron chi connectivity index (χ4n) is 2.15. The number of hydrogen-bond acceptors (Lipinski definition) is 4. The van der Waals surface area contributed by atoms with E-state index >= 15 is 0 Å². The third-order valence-electron chi connectivity index (χ3n) is 3.66. The lowest BCUT2D eigenvalue weighted by Crippen LogP contribution is -2.38. The summed E-state index contributed by atoms with van der Waals surface area (Å²) in [6.45, 7) is 4.05. The Bertz CT molecular complexity index is 765. The zero-order chi connectivity index (χ0) is 17.7. The maximum absolute atomic E-state index is 12.5. The molecule has 1 aromatic heterocycles. The number of carbonyl (C=O) groups excluding carboxylic acids is 1. The number of likely N-dealkylation sites (N-methyl/N-ethyl adjacent to an activating group) is 1. The zero-order valence-corrected chi connectivity index (χ0v) is 14.8. The predicted octanol–water partition coefficient (Wildman–Crippen LogP) is 2.34. The van der Waals surface area contributed by atoms with Crippen molar-refractivity contribution in [2.24, 2.45) is 0 Å². The second-order valence-electron chi connectivity index (χ2n) is 5.84. The van der Waals surface area contributed by atoms with Gasteiger partial charge >= 0.3 is 0 Å². The third kappa shape index (κ3) is 4.46. The standard InChI is InChI=1S/C17H22N2O4S/c1-13(2)14-6-8-16(9-7-14)24(21,22)19(3)12-17(20)18-11-15-5-4-10-23-15/h4-10,13H,11-12H2,1-3H3,(H,18,20). The number of sulfonamides is 1. The van der Waals surface area contributed by atoms with E-state index in [1.54, 1.807) is 36.4 Å². The molecule has 0 aliphatic rings. The Morgan fingerprint density at radius 3 is 2.42 bits per heavy atom. The average Bonchev–Trinajstić information content (AvgIpc) is 3.06. The largest absolute Gasteiger partial charge is 0.467 e. The lowest BCUT2D eigenvalue weighted by atomic mass is 10.0. The number of carbonyl (C=O) groups is 1. The number of benzene rings is 1. The van der Waals surface area contributed by atoms with E-state index in [2.05, 4.69) is 5.32 Å². The first kappa shape index (κ1) is 18.2. The molecule has 2 aromatic rings. The topological polar surface area (TPSA) is 79.6 Å². The first-order chi connectivity index (χ1) is 11.3. The normalized spacial score (nSPS) is 11.9. The van der Waals surface area contributed by atoms with Crippen LogP contribution in [0.2, 0.25) is 0 Å². The lowest BCUT2D eigenvalue weighted by Gasteiger charge is -2.17. The number of hydrogen-bond donors (Lipinski definition) is 1. The summed E-state index contributed by atoms with van der Waals surface area (Å²) in [5.41, 5.74) is 1.06. The average molecular weight is 350 g/mol. The summed E-state index contributed by atoms with van der Waals surface area (Å²) in [6.07, 6.45) is 1.51. The van der Waals surface area contributed by atoms with Crippen LogP contribution in [0.25, 0.3) is 0 Å². The van der Waals surface area contributed by atoms with Gasteiger partial charge in [0.1, 0.15) is 5.76 Å². The minimum atomic E-state index is -3.70. The highest BCUT2D eigenvalue weighted by Gasteiger charge is 2.23. The summed E-state index contributed by atoms with van der Waals surface area (Å²) in [5, 5.41) is 2.62. The molecule has 0 radical (unpaired) electrons. The first-order valence-corrected chi connectivity index (χ1v) is 9.10. The fraction of sp³-hybridized carbons (Fsp3) is 0.353. The molecular weight excluding hydrogens is 328 g/mol. The van der Waals surface area contributed by atoms with E-state index in [1.165, 1.54) is 13.3 Å². The number of nitrogens with one attached hydrogen (secondary N) is 1. The van der Waals surface area contributed by atoms with E-state index in [0.29, 0.717) is 11.7 Å². The number of rotatable bonds is 7. The molecule has 0 spiro atoms. The Morgan fingerprint density at radius 1 is 1.21 bits per heavy atom. The van der Waals surface area contributed by atoms with Gasteiger partial charge in [0.2, 0.25) is 15.9 Å². The van der Waals surface area contributed by atoms with Gasteiger partial charge < -0.3 is 9.73 Å². The van der Waals surface area contributed by atoms with Crippen molar-refractivity contribution in [2.75, 3.05) is 13.6 Å². The van der Waals surface area contributed by atoms with Gasteiger partial charge in [0.25, 0.3) is 0 Å². The van der Waals surface area contributed by atoms with E-state index in [9.17, 15) is 13.2 Å². The molecule has 0 bridgehead atoms. The Hall–Kier alpha value is -2.12. The van der Waals surface area contributed by atoms with Crippen molar-refractivity contribution in [3.8, 4) is 0 Å². The summed E-state index contributed by atoms with van der Waals surface area (Å²) < 4.78 is 31.2. The van der Waals surface area contributed by atoms with Crippen LogP contribution in [0.1, 0.15) is 31.1 Å². The van der Waals surface area contributed by atoms with Gasteiger partial charge in [0, 0.05) is 7.05 Å². The van der Waals surface area contributed by atoms with Crippen LogP contribution >= 0.6 is 0 Å². The first-order valence-electron chi connectivity index (χ1n) is 7.66. The highest BCUT2D eigenvalue weighted by molar-refractivity contribution is 7.89. The molecule has 130 valence electrons. The molecule has 1 N–H and O–H groups in total. The van der Waals surface area contributed by atoms with Gasteiger partial charge in [-0.1, -0.05) is 26.0 Å². The van der Waals surface area contributed by atoms with Crippen LogP contribution in [-0.2, 0) is 21.4 Å². The lowest BCUT2D eigenvalue weighted by molar-refractivity contribution is -0.121. The van der Waals surface area contributed by atoms with Gasteiger partial charge in [-0.25, -0.2) is 8.42 Å². The predicted molar refractivity (Wildman–Crippen MR) is 90.9 cm³/mol. The van der Waals surface area contributed by atoms with Crippen molar-refractivity contribution in [3.63, 3.8) is 0 Å². The van der Waals surface area contributed by atoms with Gasteiger partial charge in [-0.15, -0.1) is 0 Å². The Morgan fingerprint density at radius 2 is 1.88 bits per heavy atom. The molecule has 0 unspecified atom stereocenters. The maximum Gasteiger partial charge on any atom is 0.243 e. The van der Waals surface area contributed by atoms with E-state index in [1.807, 2.05) is 13.8 Å². The molecule has 1 aromatic carbocycles. The van der Waals surface area contributed by atoms with Gasteiger partial charge in [-0.3, -0.25) is 4.79 Å². The molecule has 1 amide bonds. The summed E-state index contributed by atoms with van der Waals surface area (Å²) in [7, 11) is -2.31. The zero-order valence-electron chi connectivity index (χ0n) is 14.0. The second kappa shape index (κ2) is 7.63. The van der Waals surface area contributed by atoms with E-state index < -0.39 is 15.9 Å².